The van der Waals surface area contributed by atoms with E-state index in [2.05, 4.69) is 29.7 Å². The van der Waals surface area contributed by atoms with Gasteiger partial charge in [0.2, 0.25) is 5.82 Å². The van der Waals surface area contributed by atoms with Gasteiger partial charge in [0.05, 0.1) is 11.1 Å². The lowest BCUT2D eigenvalue weighted by Gasteiger charge is -2.07. The fraction of sp³-hybridized carbons (Fsp3) is 0.167. The molecule has 9 nitrogen and oxygen atoms in total. The van der Waals surface area contributed by atoms with Crippen LogP contribution in [0.1, 0.15) is 5.89 Å². The summed E-state index contributed by atoms with van der Waals surface area (Å²) < 4.78 is 69.5. The van der Waals surface area contributed by atoms with Gasteiger partial charge in [0.15, 0.2) is 5.82 Å². The number of nitrogens with one attached hydrogen (secondary N) is 1. The lowest BCUT2D eigenvalue weighted by atomic mass is 10.2. The van der Waals surface area contributed by atoms with Crippen LogP contribution >= 0.6 is 0 Å². The van der Waals surface area contributed by atoms with Crippen LogP contribution in [-0.2, 0) is 23.2 Å². The summed E-state index contributed by atoms with van der Waals surface area (Å²) in [6.07, 6.45) is -3.53. The van der Waals surface area contributed by atoms with E-state index < -0.39 is 22.1 Å². The topological polar surface area (TPSA) is 116 Å². The first kappa shape index (κ1) is 16.9. The van der Waals surface area contributed by atoms with Crippen molar-refractivity contribution < 1.29 is 26.1 Å². The molecule has 0 saturated carbocycles. The highest BCUT2D eigenvalue weighted by molar-refractivity contribution is 7.92. The molecule has 0 aliphatic heterocycles. The van der Waals surface area contributed by atoms with Gasteiger partial charge in [-0.2, -0.15) is 18.2 Å². The smallest absolute Gasteiger partial charge is 0.329 e. The number of anilines is 1. The van der Waals surface area contributed by atoms with Crippen molar-refractivity contribution in [3.05, 3.63) is 36.4 Å². The molecule has 0 saturated heterocycles. The minimum atomic E-state index is -4.75. The molecular formula is C12H9F3N6O3S. The zero-order chi connectivity index (χ0) is 18.2. The van der Waals surface area contributed by atoms with Crippen molar-refractivity contribution in [3.8, 4) is 11.4 Å². The monoisotopic (exact) mass is 374 g/mol. The first-order valence-corrected chi connectivity index (χ1v) is 8.04. The Kier molecular flexibility index (Phi) is 3.94. The Morgan fingerprint density at radius 1 is 1.20 bits per heavy atom. The lowest BCUT2D eigenvalue weighted by Crippen LogP contribution is -2.15. The molecule has 3 rings (SSSR count). The zero-order valence-corrected chi connectivity index (χ0v) is 13.2. The minimum absolute atomic E-state index is 0.114. The molecule has 13 heteroatoms. The van der Waals surface area contributed by atoms with Crippen molar-refractivity contribution in [1.82, 2.24) is 25.1 Å². The third kappa shape index (κ3) is 3.45. The molecular weight excluding hydrogens is 365 g/mol. The second-order valence-electron chi connectivity index (χ2n) is 4.79. The number of aryl methyl sites for hydroxylation is 1. The van der Waals surface area contributed by atoms with Gasteiger partial charge in [-0.3, -0.25) is 4.72 Å². The largest absolute Gasteiger partial charge is 0.471 e. The molecule has 0 aliphatic carbocycles. The van der Waals surface area contributed by atoms with Crippen LogP contribution in [0.15, 0.2) is 39.9 Å². The Hall–Kier alpha value is -2.96. The third-order valence-electron chi connectivity index (χ3n) is 3.04. The summed E-state index contributed by atoms with van der Waals surface area (Å²) in [5, 5.41) is 10.4. The van der Waals surface area contributed by atoms with Gasteiger partial charge in [-0.1, -0.05) is 10.4 Å². The molecule has 0 atom stereocenters. The van der Waals surface area contributed by atoms with E-state index in [1.54, 1.807) is 0 Å². The zero-order valence-electron chi connectivity index (χ0n) is 12.4. The van der Waals surface area contributed by atoms with Crippen LogP contribution in [0.5, 0.6) is 0 Å². The van der Waals surface area contributed by atoms with E-state index in [1.165, 1.54) is 42.2 Å². The quantitative estimate of drug-likeness (QED) is 0.739. The van der Waals surface area contributed by atoms with Gasteiger partial charge in [-0.05, 0) is 24.3 Å². The van der Waals surface area contributed by atoms with Gasteiger partial charge in [-0.25, -0.2) is 13.1 Å². The highest BCUT2D eigenvalue weighted by Gasteiger charge is 2.38. The average Bonchev–Trinajstić information content (AvgIpc) is 3.17. The summed E-state index contributed by atoms with van der Waals surface area (Å²) in [4.78, 5) is 3.11. The summed E-state index contributed by atoms with van der Waals surface area (Å²) in [7, 11) is -2.42. The van der Waals surface area contributed by atoms with Crippen LogP contribution in [0.3, 0.4) is 0 Å². The van der Waals surface area contributed by atoms with Crippen LogP contribution in [-0.4, -0.2) is 33.6 Å². The second-order valence-corrected chi connectivity index (χ2v) is 6.48. The van der Waals surface area contributed by atoms with Crippen LogP contribution in [0.25, 0.3) is 11.4 Å². The normalized spacial score (nSPS) is 12.3. The Balaban J connectivity index is 1.85. The maximum absolute atomic E-state index is 12.5. The summed E-state index contributed by atoms with van der Waals surface area (Å²) in [6, 6.07) is 4.93. The molecule has 0 radical (unpaired) electrons. The molecule has 132 valence electrons. The summed E-state index contributed by atoms with van der Waals surface area (Å²) in [5.41, 5.74) is 0.167. The number of sulfonamides is 1. The first-order valence-electron chi connectivity index (χ1n) is 6.56. The number of hydrogen-bond donors (Lipinski definition) is 1. The molecule has 0 spiro atoms. The van der Waals surface area contributed by atoms with Crippen molar-refractivity contribution in [3.63, 3.8) is 0 Å². The highest BCUT2D eigenvalue weighted by atomic mass is 32.2. The summed E-state index contributed by atoms with van der Waals surface area (Å²) >= 11 is 0. The standard InChI is InChI=1S/C12H9F3N6O3S/c1-21-9(6-16-20-21)19-25(22,23)8-4-2-7(3-5-8)10-17-11(24-18-10)12(13,14)15/h2-6,19H,1H3. The van der Waals surface area contributed by atoms with E-state index in [-0.39, 0.29) is 22.1 Å². The molecule has 3 aromatic rings. The predicted octanol–water partition coefficient (Wildman–Crippen LogP) is 1.68. The van der Waals surface area contributed by atoms with Crippen molar-refractivity contribution in [2.75, 3.05) is 4.72 Å². The number of halogens is 3. The summed E-state index contributed by atoms with van der Waals surface area (Å²) in [6.45, 7) is 0. The molecule has 0 fully saturated rings. The van der Waals surface area contributed by atoms with Crippen molar-refractivity contribution in [2.24, 2.45) is 7.05 Å². The fourth-order valence-electron chi connectivity index (χ4n) is 1.82. The highest BCUT2D eigenvalue weighted by Crippen LogP contribution is 2.29. The molecule has 0 bridgehead atoms. The van der Waals surface area contributed by atoms with E-state index in [0.717, 1.165) is 0 Å². The van der Waals surface area contributed by atoms with E-state index in [0.29, 0.717) is 0 Å². The van der Waals surface area contributed by atoms with Gasteiger partial charge >= 0.3 is 12.1 Å². The number of alkyl halides is 3. The van der Waals surface area contributed by atoms with Crippen molar-refractivity contribution >= 4 is 15.8 Å². The molecule has 2 aromatic heterocycles. The van der Waals surface area contributed by atoms with Crippen molar-refractivity contribution in [1.29, 1.82) is 0 Å². The maximum atomic E-state index is 12.5. The Labute approximate surface area is 138 Å². The Bertz CT molecular complexity index is 994. The number of benzene rings is 1. The predicted molar refractivity (Wildman–Crippen MR) is 76.5 cm³/mol. The van der Waals surface area contributed by atoms with Crippen molar-refractivity contribution in [2.45, 2.75) is 11.1 Å². The van der Waals surface area contributed by atoms with E-state index >= 15 is 0 Å². The van der Waals surface area contributed by atoms with Crippen LogP contribution in [0.2, 0.25) is 0 Å². The van der Waals surface area contributed by atoms with E-state index in [9.17, 15) is 21.6 Å². The number of nitrogens with zero attached hydrogens (tertiary/aromatic N) is 5. The fourth-order valence-corrected chi connectivity index (χ4v) is 2.89. The van der Waals surface area contributed by atoms with Crippen LogP contribution in [0.4, 0.5) is 19.0 Å². The minimum Gasteiger partial charge on any atom is -0.329 e. The van der Waals surface area contributed by atoms with E-state index in [4.69, 9.17) is 0 Å². The third-order valence-corrected chi connectivity index (χ3v) is 4.42. The average molecular weight is 374 g/mol. The first-order chi connectivity index (χ1) is 11.7. The van der Waals surface area contributed by atoms with Gasteiger partial charge in [0.25, 0.3) is 10.0 Å². The number of rotatable bonds is 4. The molecule has 2 heterocycles. The molecule has 0 unspecified atom stereocenters. The molecule has 0 amide bonds. The maximum Gasteiger partial charge on any atom is 0.471 e. The summed E-state index contributed by atoms with van der Waals surface area (Å²) in [5.74, 6) is -1.64. The van der Waals surface area contributed by atoms with Crippen LogP contribution in [0, 0.1) is 0 Å². The number of hydrogen-bond acceptors (Lipinski definition) is 7. The van der Waals surface area contributed by atoms with Gasteiger partial charge in [0.1, 0.15) is 0 Å². The number of aromatic nitrogens is 5. The Morgan fingerprint density at radius 3 is 2.40 bits per heavy atom. The molecule has 0 aliphatic rings. The van der Waals surface area contributed by atoms with Gasteiger partial charge < -0.3 is 4.52 Å². The molecule has 1 aromatic carbocycles. The Morgan fingerprint density at radius 2 is 1.88 bits per heavy atom. The van der Waals surface area contributed by atoms with Gasteiger partial charge in [-0.15, -0.1) is 5.10 Å². The SMILES string of the molecule is Cn1nncc1NS(=O)(=O)c1ccc(-c2noc(C(F)(F)F)n2)cc1. The van der Waals surface area contributed by atoms with Crippen LogP contribution < -0.4 is 4.72 Å². The lowest BCUT2D eigenvalue weighted by molar-refractivity contribution is -0.159. The van der Waals surface area contributed by atoms with E-state index in [1.807, 2.05) is 0 Å². The molecule has 25 heavy (non-hydrogen) atoms. The second kappa shape index (κ2) is 5.84. The molecule has 1 N–H and O–H groups in total. The van der Waals surface area contributed by atoms with Gasteiger partial charge in [0, 0.05) is 12.6 Å².